The van der Waals surface area contributed by atoms with Gasteiger partial charge in [-0.25, -0.2) is 9.18 Å². The molecule has 0 amide bonds. The zero-order valence-corrected chi connectivity index (χ0v) is 26.9. The summed E-state index contributed by atoms with van der Waals surface area (Å²) in [4.78, 5) is 26.1. The number of H-pyrrole nitrogens is 1. The summed E-state index contributed by atoms with van der Waals surface area (Å²) in [5, 5.41) is 10.7. The van der Waals surface area contributed by atoms with Gasteiger partial charge in [0.05, 0.1) is 12.7 Å². The summed E-state index contributed by atoms with van der Waals surface area (Å²) in [7, 11) is -2.42. The molecule has 1 aliphatic carbocycles. The second-order valence-electron chi connectivity index (χ2n) is 12.2. The molecule has 38 heavy (non-hydrogen) atoms. The van der Waals surface area contributed by atoms with Crippen LogP contribution in [0.5, 0.6) is 0 Å². The summed E-state index contributed by atoms with van der Waals surface area (Å²) in [5.41, 5.74) is -0.245. The topological polar surface area (TPSA) is 103 Å². The maximum Gasteiger partial charge on any atom is 0.330 e. The molecule has 8 atom stereocenters. The van der Waals surface area contributed by atoms with Crippen LogP contribution in [-0.2, 0) is 25.5 Å². The third-order valence-electron chi connectivity index (χ3n) is 8.21. The number of aromatic amines is 1. The van der Waals surface area contributed by atoms with Gasteiger partial charge in [0.2, 0.25) is 0 Å². The molecule has 1 aromatic rings. The van der Waals surface area contributed by atoms with Gasteiger partial charge in [0.25, 0.3) is 5.56 Å². The van der Waals surface area contributed by atoms with E-state index in [9.17, 15) is 14.7 Å². The number of alkyl halides is 1. The standard InChI is InChI=1S/C25H42FN2O6PS2Si/c1-15(2)16-9-11-25(6,18(29)13-16)37-35(36)32-14-17-21(34-38(7,8)24(3,4)5)20(26)22(33-17)28-12-10-19(30)27-23(28)31/h10,12,16-18,20-22,29,35H,1,9,11,13-14H2,2-8H3,(H,27,30,31)/t16-,17+,18+,20+,21?,22+,25+/m0/s1. The highest BCUT2D eigenvalue weighted by molar-refractivity contribution is 8.63. The normalized spacial score (nSPS) is 33.3. The van der Waals surface area contributed by atoms with Crippen LogP contribution in [0.3, 0.4) is 0 Å². The van der Waals surface area contributed by atoms with Crippen molar-refractivity contribution >= 4 is 37.6 Å². The highest BCUT2D eigenvalue weighted by atomic mass is 32.9. The Hall–Kier alpha value is -0.593. The Labute approximate surface area is 235 Å². The first-order valence-electron chi connectivity index (χ1n) is 12.9. The number of rotatable bonds is 9. The monoisotopic (exact) mass is 608 g/mol. The molecule has 1 saturated carbocycles. The van der Waals surface area contributed by atoms with Gasteiger partial charge < -0.3 is 18.8 Å². The maximum atomic E-state index is 15.9. The van der Waals surface area contributed by atoms with E-state index >= 15 is 4.39 Å². The Bertz CT molecular complexity index is 1160. The molecule has 1 saturated heterocycles. The Morgan fingerprint density at radius 1 is 1.45 bits per heavy atom. The van der Waals surface area contributed by atoms with E-state index < -0.39 is 61.2 Å². The number of hydrogen-bond donors (Lipinski definition) is 2. The highest BCUT2D eigenvalue weighted by Crippen LogP contribution is 2.55. The van der Waals surface area contributed by atoms with Crippen molar-refractivity contribution in [1.29, 1.82) is 0 Å². The van der Waals surface area contributed by atoms with Crippen LogP contribution in [0.25, 0.3) is 0 Å². The van der Waals surface area contributed by atoms with Gasteiger partial charge in [-0.1, -0.05) is 56.1 Å². The molecule has 0 radical (unpaired) electrons. The molecule has 0 spiro atoms. The first kappa shape index (κ1) is 31.9. The van der Waals surface area contributed by atoms with Gasteiger partial charge in [-0.05, 0) is 57.2 Å². The summed E-state index contributed by atoms with van der Waals surface area (Å²) < 4.78 is 35.1. The van der Waals surface area contributed by atoms with Crippen LogP contribution in [0.1, 0.15) is 60.1 Å². The van der Waals surface area contributed by atoms with E-state index in [0.717, 1.165) is 29.0 Å². The van der Waals surface area contributed by atoms with Crippen molar-refractivity contribution in [2.24, 2.45) is 5.92 Å². The van der Waals surface area contributed by atoms with Crippen LogP contribution in [-0.4, -0.2) is 58.8 Å². The van der Waals surface area contributed by atoms with Crippen molar-refractivity contribution in [2.75, 3.05) is 6.61 Å². The second-order valence-corrected chi connectivity index (χ2v) is 22.5. The molecule has 3 rings (SSSR count). The number of allylic oxidation sites excluding steroid dienone is 1. The molecule has 8 nitrogen and oxygen atoms in total. The Morgan fingerprint density at radius 3 is 2.66 bits per heavy atom. The van der Waals surface area contributed by atoms with Crippen molar-refractivity contribution in [3.05, 3.63) is 45.3 Å². The zero-order valence-electron chi connectivity index (χ0n) is 23.3. The Morgan fingerprint density at radius 2 is 2.11 bits per heavy atom. The van der Waals surface area contributed by atoms with Gasteiger partial charge in [0, 0.05) is 17.0 Å². The minimum atomic E-state index is -2.42. The Balaban J connectivity index is 1.75. The van der Waals surface area contributed by atoms with Gasteiger partial charge in [-0.15, -0.1) is 0 Å². The third-order valence-corrected chi connectivity index (χ3v) is 17.6. The largest absolute Gasteiger partial charge is 0.408 e. The molecule has 2 heterocycles. The van der Waals surface area contributed by atoms with Gasteiger partial charge in [0.1, 0.15) is 18.3 Å². The smallest absolute Gasteiger partial charge is 0.330 e. The molecule has 216 valence electrons. The van der Waals surface area contributed by atoms with Crippen LogP contribution < -0.4 is 11.2 Å². The number of aliphatic hydroxyl groups excluding tert-OH is 1. The van der Waals surface area contributed by atoms with E-state index in [1.54, 1.807) is 0 Å². The number of aromatic nitrogens is 2. The van der Waals surface area contributed by atoms with E-state index in [2.05, 4.69) is 32.3 Å². The average molecular weight is 609 g/mol. The predicted octanol–water partition coefficient (Wildman–Crippen LogP) is 4.91. The van der Waals surface area contributed by atoms with Crippen LogP contribution >= 0.6 is 17.5 Å². The van der Waals surface area contributed by atoms with Crippen LogP contribution in [0.2, 0.25) is 18.1 Å². The molecule has 2 N–H and O–H groups in total. The summed E-state index contributed by atoms with van der Waals surface area (Å²) in [6.07, 6.45) is -3.47. The molecule has 2 unspecified atom stereocenters. The molecule has 0 aromatic carbocycles. The van der Waals surface area contributed by atoms with Gasteiger partial charge >= 0.3 is 5.69 Å². The molecule has 0 bridgehead atoms. The minimum absolute atomic E-state index is 0.000322. The SMILES string of the molecule is C=C(C)[C@H]1CC[C@@](C)(S[PH](=S)OC[C@H]2O[C@@H](n3ccc(=O)[nH]c3=O)[C@H](F)C2O[Si](C)(C)C(C)(C)C)[C@H](O)C1. The molecule has 2 aliphatic rings. The third kappa shape index (κ3) is 7.18. The van der Waals surface area contributed by atoms with Gasteiger partial charge in [-0.3, -0.25) is 14.3 Å². The van der Waals surface area contributed by atoms with Gasteiger partial charge in [-0.2, -0.15) is 0 Å². The molecular formula is C25H42FN2O6PS2Si. The van der Waals surface area contributed by atoms with Crippen LogP contribution in [0.15, 0.2) is 34.0 Å². The Kier molecular flexibility index (Phi) is 10.2. The fraction of sp³-hybridized carbons (Fsp3) is 0.760. The summed E-state index contributed by atoms with van der Waals surface area (Å²) in [6, 6.07) is 1.15. The lowest BCUT2D eigenvalue weighted by atomic mass is 9.77. The molecule has 1 aliphatic heterocycles. The number of nitrogens with zero attached hydrogens (tertiary/aromatic N) is 1. The van der Waals surface area contributed by atoms with E-state index in [-0.39, 0.29) is 11.6 Å². The lowest BCUT2D eigenvalue weighted by molar-refractivity contribution is -0.0413. The first-order chi connectivity index (χ1) is 17.4. The van der Waals surface area contributed by atoms with Gasteiger partial charge in [0.15, 0.2) is 20.7 Å². The van der Waals surface area contributed by atoms with Crippen LogP contribution in [0, 0.1) is 5.92 Å². The van der Waals surface area contributed by atoms with E-state index in [1.165, 1.54) is 17.6 Å². The van der Waals surface area contributed by atoms with Crippen molar-refractivity contribution in [3.8, 4) is 0 Å². The predicted molar refractivity (Wildman–Crippen MR) is 158 cm³/mol. The summed E-state index contributed by atoms with van der Waals surface area (Å²) >= 11 is 7.18. The fourth-order valence-electron chi connectivity index (χ4n) is 4.54. The molecule has 1 aromatic heterocycles. The average Bonchev–Trinajstić information content (AvgIpc) is 3.08. The first-order valence-corrected chi connectivity index (χ1v) is 19.9. The maximum absolute atomic E-state index is 15.9. The lowest BCUT2D eigenvalue weighted by Crippen LogP contribution is -2.49. The number of nitrogens with one attached hydrogen (secondary N) is 1. The van der Waals surface area contributed by atoms with Crippen LogP contribution in [0.4, 0.5) is 4.39 Å². The van der Waals surface area contributed by atoms with Crippen molar-refractivity contribution < 1.29 is 23.2 Å². The molecular weight excluding hydrogens is 566 g/mol. The number of hydrogen-bond acceptors (Lipinski definition) is 8. The van der Waals surface area contributed by atoms with Crippen molar-refractivity contribution in [2.45, 2.75) is 107 Å². The zero-order chi connectivity index (χ0) is 28.6. The second kappa shape index (κ2) is 12.1. The van der Waals surface area contributed by atoms with E-state index in [0.29, 0.717) is 12.3 Å². The highest BCUT2D eigenvalue weighted by Gasteiger charge is 2.52. The molecule has 2 fully saturated rings. The van der Waals surface area contributed by atoms with Crippen molar-refractivity contribution in [3.63, 3.8) is 0 Å². The lowest BCUT2D eigenvalue weighted by Gasteiger charge is -2.41. The fourth-order valence-corrected chi connectivity index (χ4v) is 11.2. The summed E-state index contributed by atoms with van der Waals surface area (Å²) in [6.45, 7) is 18.3. The van der Waals surface area contributed by atoms with Crippen molar-refractivity contribution in [1.82, 2.24) is 9.55 Å². The number of ether oxygens (including phenoxy) is 1. The minimum Gasteiger partial charge on any atom is -0.408 e. The summed E-state index contributed by atoms with van der Waals surface area (Å²) in [5.74, 6) is 0.301. The number of aliphatic hydroxyl groups is 1. The van der Waals surface area contributed by atoms with E-state index in [1.807, 2.05) is 26.9 Å². The van der Waals surface area contributed by atoms with E-state index in [4.69, 9.17) is 25.5 Å². The number of halogens is 1. The molecule has 13 heteroatoms. The quantitative estimate of drug-likeness (QED) is 0.232.